The summed E-state index contributed by atoms with van der Waals surface area (Å²) < 4.78 is 13.2. The average molecular weight is 342 g/mol. The smallest absolute Gasteiger partial charge is 0.160 e. The minimum Gasteiger partial charge on any atom is -0.298 e. The number of alkyl halides is 1. The summed E-state index contributed by atoms with van der Waals surface area (Å²) in [7, 11) is 0. The lowest BCUT2D eigenvalue weighted by atomic mass is 10.0. The van der Waals surface area contributed by atoms with Crippen LogP contribution in [0.25, 0.3) is 0 Å². The lowest BCUT2D eigenvalue weighted by Gasteiger charge is -2.12. The molecule has 0 aromatic heterocycles. The van der Waals surface area contributed by atoms with E-state index in [1.165, 1.54) is 12.1 Å². The van der Waals surface area contributed by atoms with Gasteiger partial charge in [-0.15, -0.1) is 0 Å². The predicted octanol–water partition coefficient (Wildman–Crippen LogP) is 4.66. The van der Waals surface area contributed by atoms with Crippen molar-refractivity contribution in [2.24, 2.45) is 5.92 Å². The summed E-state index contributed by atoms with van der Waals surface area (Å²) in [6.07, 6.45) is 0.441. The maximum atomic E-state index is 13.2. The Morgan fingerprint density at radius 2 is 1.82 bits per heavy atom. The molecule has 17 heavy (non-hydrogen) atoms. The van der Waals surface area contributed by atoms with E-state index in [2.05, 4.69) is 15.9 Å². The highest BCUT2D eigenvalue weighted by molar-refractivity contribution is 9.10. The zero-order valence-electron chi connectivity index (χ0n) is 9.44. The molecule has 0 bridgehead atoms. The zero-order chi connectivity index (χ0) is 13.2. The van der Waals surface area contributed by atoms with E-state index in [4.69, 9.17) is 23.2 Å². The van der Waals surface area contributed by atoms with Gasteiger partial charge >= 0.3 is 0 Å². The molecule has 0 amide bonds. The molecule has 0 saturated carbocycles. The van der Waals surface area contributed by atoms with Crippen LogP contribution in [-0.2, 0) is 11.2 Å². The molecule has 0 aliphatic rings. The molecule has 1 rings (SSSR count). The summed E-state index contributed by atoms with van der Waals surface area (Å²) in [5.74, 6) is -0.578. The van der Waals surface area contributed by atoms with Crippen molar-refractivity contribution in [3.63, 3.8) is 0 Å². The second kappa shape index (κ2) is 6.17. The van der Waals surface area contributed by atoms with E-state index < -0.39 is 5.82 Å². The van der Waals surface area contributed by atoms with Crippen molar-refractivity contribution >= 4 is 44.9 Å². The molecule has 1 unspecified atom stereocenters. The van der Waals surface area contributed by atoms with Gasteiger partial charge in [-0.1, -0.05) is 53.0 Å². The Kier molecular flexibility index (Phi) is 5.42. The first-order valence-corrected chi connectivity index (χ1v) is 6.81. The number of hydrogen-bond acceptors (Lipinski definition) is 1. The first-order chi connectivity index (χ1) is 7.82. The van der Waals surface area contributed by atoms with Gasteiger partial charge in [-0.3, -0.25) is 4.79 Å². The van der Waals surface area contributed by atoms with Crippen LogP contribution in [0.3, 0.4) is 0 Å². The number of halogens is 4. The molecule has 5 heteroatoms. The Bertz CT molecular complexity index is 412. The molecule has 0 saturated heterocycles. The van der Waals surface area contributed by atoms with Crippen LogP contribution in [0.4, 0.5) is 4.39 Å². The van der Waals surface area contributed by atoms with Gasteiger partial charge < -0.3 is 0 Å². The van der Waals surface area contributed by atoms with Gasteiger partial charge in [-0.2, -0.15) is 0 Å². The van der Waals surface area contributed by atoms with Gasteiger partial charge in [-0.25, -0.2) is 4.39 Å². The van der Waals surface area contributed by atoms with E-state index >= 15 is 0 Å². The van der Waals surface area contributed by atoms with Gasteiger partial charge in [0, 0.05) is 5.92 Å². The summed E-state index contributed by atoms with van der Waals surface area (Å²) in [4.78, 5) is 11.4. The summed E-state index contributed by atoms with van der Waals surface area (Å²) >= 11 is 14.7. The van der Waals surface area contributed by atoms with Crippen LogP contribution in [0.5, 0.6) is 0 Å². The molecule has 1 aromatic rings. The lowest BCUT2D eigenvalue weighted by molar-refractivity contribution is -0.121. The van der Waals surface area contributed by atoms with E-state index in [0.717, 1.165) is 5.56 Å². The van der Waals surface area contributed by atoms with Crippen molar-refractivity contribution < 1.29 is 9.18 Å². The highest BCUT2D eigenvalue weighted by Crippen LogP contribution is 2.26. The number of ketones is 1. The fraction of sp³-hybridized carbons (Fsp3) is 0.417. The quantitative estimate of drug-likeness (QED) is 0.574. The molecule has 94 valence electrons. The zero-order valence-corrected chi connectivity index (χ0v) is 12.5. The number of hydrogen-bond donors (Lipinski definition) is 0. The van der Waals surface area contributed by atoms with Crippen LogP contribution in [0.1, 0.15) is 19.4 Å². The molecule has 0 spiro atoms. The van der Waals surface area contributed by atoms with Crippen molar-refractivity contribution in [2.45, 2.75) is 25.1 Å². The van der Waals surface area contributed by atoms with Crippen molar-refractivity contribution in [3.8, 4) is 0 Å². The normalized spacial score (nSPS) is 12.9. The third kappa shape index (κ3) is 3.94. The average Bonchev–Trinajstić information content (AvgIpc) is 2.24. The van der Waals surface area contributed by atoms with Crippen LogP contribution in [0.2, 0.25) is 10.0 Å². The fourth-order valence-electron chi connectivity index (χ4n) is 1.40. The molecule has 0 radical (unpaired) electrons. The lowest BCUT2D eigenvalue weighted by Crippen LogP contribution is -2.21. The first kappa shape index (κ1) is 14.9. The second-order valence-corrected chi connectivity index (χ2v) is 6.02. The fourth-order valence-corrected chi connectivity index (χ4v) is 2.83. The SMILES string of the molecule is CC(C)C(=O)C(Br)Cc1cc(Cl)c(F)c(Cl)c1. The van der Waals surface area contributed by atoms with Crippen LogP contribution in [0, 0.1) is 11.7 Å². The summed E-state index contributed by atoms with van der Waals surface area (Å²) in [5, 5.41) is -0.0478. The minimum absolute atomic E-state index is 0.0239. The number of Topliss-reactive ketones (excluding diaryl/α,β-unsaturated/α-hetero) is 1. The van der Waals surface area contributed by atoms with E-state index in [1.54, 1.807) is 0 Å². The topological polar surface area (TPSA) is 17.1 Å². The molecule has 0 N–H and O–H groups in total. The van der Waals surface area contributed by atoms with Crippen LogP contribution in [-0.4, -0.2) is 10.6 Å². The predicted molar refractivity (Wildman–Crippen MR) is 72.7 cm³/mol. The van der Waals surface area contributed by atoms with Crippen molar-refractivity contribution in [1.29, 1.82) is 0 Å². The van der Waals surface area contributed by atoms with E-state index in [-0.39, 0.29) is 26.6 Å². The van der Waals surface area contributed by atoms with Crippen LogP contribution >= 0.6 is 39.1 Å². The summed E-state index contributed by atoms with van der Waals surface area (Å²) in [5.41, 5.74) is 0.734. The van der Waals surface area contributed by atoms with Gasteiger partial charge in [0.1, 0.15) is 5.78 Å². The van der Waals surface area contributed by atoms with Gasteiger partial charge in [0.25, 0.3) is 0 Å². The Morgan fingerprint density at radius 1 is 1.35 bits per heavy atom. The molecule has 0 fully saturated rings. The van der Waals surface area contributed by atoms with E-state index in [1.807, 2.05) is 13.8 Å². The largest absolute Gasteiger partial charge is 0.298 e. The number of carbonyl (C=O) groups excluding carboxylic acids is 1. The molecule has 0 aliphatic carbocycles. The van der Waals surface area contributed by atoms with Crippen molar-refractivity contribution in [2.75, 3.05) is 0 Å². The van der Waals surface area contributed by atoms with Crippen LogP contribution < -0.4 is 0 Å². The van der Waals surface area contributed by atoms with Gasteiger partial charge in [-0.05, 0) is 24.1 Å². The Hall–Kier alpha value is -0.120. The van der Waals surface area contributed by atoms with Crippen molar-refractivity contribution in [1.82, 2.24) is 0 Å². The third-order valence-corrected chi connectivity index (χ3v) is 3.66. The van der Waals surface area contributed by atoms with E-state index in [9.17, 15) is 9.18 Å². The number of rotatable bonds is 4. The first-order valence-electron chi connectivity index (χ1n) is 5.14. The van der Waals surface area contributed by atoms with E-state index in [0.29, 0.717) is 6.42 Å². The third-order valence-electron chi connectivity index (χ3n) is 2.34. The summed E-state index contributed by atoms with van der Waals surface area (Å²) in [6, 6.07) is 2.98. The van der Waals surface area contributed by atoms with Gasteiger partial charge in [0.05, 0.1) is 14.9 Å². The second-order valence-electron chi connectivity index (χ2n) is 4.10. The Morgan fingerprint density at radius 3 is 2.24 bits per heavy atom. The molecule has 0 aliphatic heterocycles. The molecule has 1 nitrogen and oxygen atoms in total. The standard InChI is InChI=1S/C12H12BrCl2FO/c1-6(2)12(17)8(13)3-7-4-9(14)11(16)10(15)5-7/h4-6,8H,3H2,1-2H3. The summed E-state index contributed by atoms with van der Waals surface area (Å²) in [6.45, 7) is 3.67. The molecule has 1 aromatic carbocycles. The number of carbonyl (C=O) groups is 1. The van der Waals surface area contributed by atoms with Crippen molar-refractivity contribution in [3.05, 3.63) is 33.6 Å². The highest BCUT2D eigenvalue weighted by atomic mass is 79.9. The van der Waals surface area contributed by atoms with Gasteiger partial charge in [0.15, 0.2) is 5.82 Å². The molecular formula is C12H12BrCl2FO. The molecule has 1 atom stereocenters. The number of benzene rings is 1. The molecular weight excluding hydrogens is 330 g/mol. The molecule has 0 heterocycles. The highest BCUT2D eigenvalue weighted by Gasteiger charge is 2.19. The van der Waals surface area contributed by atoms with Gasteiger partial charge in [0.2, 0.25) is 0 Å². The minimum atomic E-state index is -0.626. The Balaban J connectivity index is 2.86. The Labute approximate surface area is 118 Å². The maximum absolute atomic E-state index is 13.2. The monoisotopic (exact) mass is 340 g/mol. The van der Waals surface area contributed by atoms with Crippen LogP contribution in [0.15, 0.2) is 12.1 Å². The maximum Gasteiger partial charge on any atom is 0.160 e.